The number of anilines is 1. The van der Waals surface area contributed by atoms with Crippen LogP contribution < -0.4 is 5.32 Å². The number of hydrogen-bond acceptors (Lipinski definition) is 5. The molecule has 0 amide bonds. The molecule has 1 N–H and O–H groups in total. The zero-order valence-corrected chi connectivity index (χ0v) is 17.4. The van der Waals surface area contributed by atoms with Crippen LogP contribution in [-0.2, 0) is 16.6 Å². The van der Waals surface area contributed by atoms with Gasteiger partial charge in [-0.05, 0) is 50.6 Å². The van der Waals surface area contributed by atoms with Crippen LogP contribution in [0.5, 0.6) is 0 Å². The average Bonchev–Trinajstić information content (AvgIpc) is 2.73. The Kier molecular flexibility index (Phi) is 7.42. The molecule has 0 aliphatic carbocycles. The Bertz CT molecular complexity index is 836. The Morgan fingerprint density at radius 1 is 1.07 bits per heavy atom. The summed E-state index contributed by atoms with van der Waals surface area (Å²) in [6.45, 7) is 3.70. The van der Waals surface area contributed by atoms with E-state index in [0.29, 0.717) is 25.5 Å². The Hall–Kier alpha value is -1.96. The van der Waals surface area contributed by atoms with E-state index in [2.05, 4.69) is 46.5 Å². The fourth-order valence-corrected chi connectivity index (χ4v) is 5.14. The van der Waals surface area contributed by atoms with Gasteiger partial charge in [-0.3, -0.25) is 0 Å². The molecule has 1 saturated heterocycles. The second-order valence-electron chi connectivity index (χ2n) is 7.32. The molecule has 0 unspecified atom stereocenters. The molecule has 2 heterocycles. The molecule has 28 heavy (non-hydrogen) atoms. The van der Waals surface area contributed by atoms with Gasteiger partial charge in [0.2, 0.25) is 10.0 Å². The average molecular weight is 403 g/mol. The Labute approximate surface area is 168 Å². The van der Waals surface area contributed by atoms with Crippen molar-refractivity contribution in [3.8, 4) is 0 Å². The number of benzene rings is 1. The van der Waals surface area contributed by atoms with E-state index in [1.165, 1.54) is 5.56 Å². The molecule has 7 heteroatoms. The van der Waals surface area contributed by atoms with Crippen LogP contribution in [0, 0.1) is 0 Å². The smallest absolute Gasteiger partial charge is 0.246 e. The summed E-state index contributed by atoms with van der Waals surface area (Å²) >= 11 is 0. The Morgan fingerprint density at radius 3 is 2.57 bits per heavy atom. The van der Waals surface area contributed by atoms with Gasteiger partial charge in [0.15, 0.2) is 0 Å². The van der Waals surface area contributed by atoms with E-state index in [1.54, 1.807) is 22.6 Å². The van der Waals surface area contributed by atoms with Crippen molar-refractivity contribution in [2.24, 2.45) is 0 Å². The van der Waals surface area contributed by atoms with E-state index in [4.69, 9.17) is 0 Å². The van der Waals surface area contributed by atoms with Gasteiger partial charge in [0, 0.05) is 32.4 Å². The summed E-state index contributed by atoms with van der Waals surface area (Å²) in [6, 6.07) is 13.7. The predicted octanol–water partition coefficient (Wildman–Crippen LogP) is 3.19. The van der Waals surface area contributed by atoms with Crippen LogP contribution >= 0.6 is 0 Å². The third-order valence-corrected chi connectivity index (χ3v) is 6.94. The van der Waals surface area contributed by atoms with E-state index in [-0.39, 0.29) is 4.90 Å². The first-order valence-electron chi connectivity index (χ1n) is 9.99. The number of aromatic nitrogens is 1. The van der Waals surface area contributed by atoms with Crippen LogP contribution in [0.4, 0.5) is 5.82 Å². The van der Waals surface area contributed by atoms with Gasteiger partial charge in [-0.25, -0.2) is 13.4 Å². The fraction of sp³-hybridized carbons (Fsp3) is 0.476. The zero-order valence-electron chi connectivity index (χ0n) is 16.5. The number of nitrogens with zero attached hydrogens (tertiary/aromatic N) is 3. The lowest BCUT2D eigenvalue weighted by atomic mass is 10.2. The molecule has 3 rings (SSSR count). The van der Waals surface area contributed by atoms with Crippen molar-refractivity contribution in [2.75, 3.05) is 38.5 Å². The molecule has 0 bridgehead atoms. The van der Waals surface area contributed by atoms with Gasteiger partial charge in [0.1, 0.15) is 10.7 Å². The second-order valence-corrected chi connectivity index (χ2v) is 9.22. The second kappa shape index (κ2) is 10.0. The highest BCUT2D eigenvalue weighted by Crippen LogP contribution is 2.25. The largest absolute Gasteiger partial charge is 0.369 e. The summed E-state index contributed by atoms with van der Waals surface area (Å²) in [6.07, 6.45) is 5.49. The molecule has 152 valence electrons. The van der Waals surface area contributed by atoms with Crippen molar-refractivity contribution in [1.29, 1.82) is 0 Å². The molecule has 1 fully saturated rings. The molecule has 2 aromatic rings. The number of hydrogen-bond donors (Lipinski definition) is 1. The van der Waals surface area contributed by atoms with Gasteiger partial charge in [-0.1, -0.05) is 36.8 Å². The molecule has 1 aromatic heterocycles. The lowest BCUT2D eigenvalue weighted by Crippen LogP contribution is -2.36. The van der Waals surface area contributed by atoms with Crippen LogP contribution in [-0.4, -0.2) is 55.8 Å². The summed E-state index contributed by atoms with van der Waals surface area (Å²) in [4.78, 5) is 6.84. The first-order valence-corrected chi connectivity index (χ1v) is 11.4. The van der Waals surface area contributed by atoms with Crippen LogP contribution in [0.3, 0.4) is 0 Å². The molecule has 0 spiro atoms. The first-order chi connectivity index (χ1) is 13.6. The minimum atomic E-state index is -3.49. The van der Waals surface area contributed by atoms with Crippen molar-refractivity contribution in [3.05, 3.63) is 54.2 Å². The maximum absolute atomic E-state index is 13.0. The maximum Gasteiger partial charge on any atom is 0.246 e. The minimum absolute atomic E-state index is 0.287. The van der Waals surface area contributed by atoms with Crippen LogP contribution in [0.25, 0.3) is 0 Å². The molecule has 0 saturated carbocycles. The molecule has 0 radical (unpaired) electrons. The highest BCUT2D eigenvalue weighted by molar-refractivity contribution is 7.89. The summed E-state index contributed by atoms with van der Waals surface area (Å²) in [7, 11) is -1.39. The van der Waals surface area contributed by atoms with Gasteiger partial charge in [-0.2, -0.15) is 4.31 Å². The lowest BCUT2D eigenvalue weighted by molar-refractivity contribution is 0.325. The molecule has 1 aliphatic rings. The van der Waals surface area contributed by atoms with Gasteiger partial charge in [0.25, 0.3) is 0 Å². The molecular weight excluding hydrogens is 372 g/mol. The van der Waals surface area contributed by atoms with Crippen molar-refractivity contribution < 1.29 is 8.42 Å². The van der Waals surface area contributed by atoms with Gasteiger partial charge >= 0.3 is 0 Å². The van der Waals surface area contributed by atoms with E-state index >= 15 is 0 Å². The minimum Gasteiger partial charge on any atom is -0.369 e. The monoisotopic (exact) mass is 402 g/mol. The van der Waals surface area contributed by atoms with E-state index < -0.39 is 10.0 Å². The van der Waals surface area contributed by atoms with Crippen molar-refractivity contribution in [2.45, 2.75) is 37.1 Å². The fourth-order valence-electron chi connectivity index (χ4n) is 3.51. The van der Waals surface area contributed by atoms with Crippen LogP contribution in [0.15, 0.2) is 53.6 Å². The molecular formula is C21H30N4O2S. The van der Waals surface area contributed by atoms with E-state index in [0.717, 1.165) is 38.8 Å². The van der Waals surface area contributed by atoms with E-state index in [1.807, 2.05) is 6.07 Å². The topological polar surface area (TPSA) is 65.5 Å². The molecule has 0 atom stereocenters. The standard InChI is InChI=1S/C21H30N4O2S/c1-24(18-19-10-4-2-5-11-19)15-9-14-23-21-20(12-8-13-22-21)28(26,27)25-16-6-3-7-17-25/h2,4-5,8,10-13H,3,6-7,9,14-18H2,1H3,(H,22,23). The Balaban J connectivity index is 1.53. The summed E-state index contributed by atoms with van der Waals surface area (Å²) in [5.41, 5.74) is 1.29. The summed E-state index contributed by atoms with van der Waals surface area (Å²) in [5, 5.41) is 3.23. The zero-order chi connectivity index (χ0) is 19.8. The number of sulfonamides is 1. The number of pyridine rings is 1. The summed E-state index contributed by atoms with van der Waals surface area (Å²) < 4.78 is 27.6. The molecule has 1 aliphatic heterocycles. The van der Waals surface area contributed by atoms with E-state index in [9.17, 15) is 8.42 Å². The molecule has 1 aromatic carbocycles. The number of piperidine rings is 1. The van der Waals surface area contributed by atoms with Gasteiger partial charge in [0.05, 0.1) is 0 Å². The maximum atomic E-state index is 13.0. The van der Waals surface area contributed by atoms with Crippen molar-refractivity contribution in [3.63, 3.8) is 0 Å². The predicted molar refractivity (Wildman–Crippen MR) is 113 cm³/mol. The van der Waals surface area contributed by atoms with Gasteiger partial charge < -0.3 is 10.2 Å². The van der Waals surface area contributed by atoms with Crippen molar-refractivity contribution >= 4 is 15.8 Å². The van der Waals surface area contributed by atoms with Crippen molar-refractivity contribution in [1.82, 2.24) is 14.2 Å². The quantitative estimate of drug-likeness (QED) is 0.653. The van der Waals surface area contributed by atoms with Gasteiger partial charge in [-0.15, -0.1) is 0 Å². The first kappa shape index (κ1) is 20.8. The SMILES string of the molecule is CN(CCCNc1ncccc1S(=O)(=O)N1CCCCC1)Cc1ccccc1. The third kappa shape index (κ3) is 5.53. The highest BCUT2D eigenvalue weighted by Gasteiger charge is 2.28. The molecule has 6 nitrogen and oxygen atoms in total. The summed E-state index contributed by atoms with van der Waals surface area (Å²) in [5.74, 6) is 0.457. The third-order valence-electron chi connectivity index (χ3n) is 5.01. The highest BCUT2D eigenvalue weighted by atomic mass is 32.2. The van der Waals surface area contributed by atoms with Crippen LogP contribution in [0.1, 0.15) is 31.2 Å². The van der Waals surface area contributed by atoms with Crippen LogP contribution in [0.2, 0.25) is 0 Å². The number of rotatable bonds is 9. The normalized spacial score (nSPS) is 15.6. The lowest BCUT2D eigenvalue weighted by Gasteiger charge is -2.26. The number of nitrogens with one attached hydrogen (secondary N) is 1. The Morgan fingerprint density at radius 2 is 1.82 bits per heavy atom.